The van der Waals surface area contributed by atoms with Crippen LogP contribution < -0.4 is 0 Å². The Labute approximate surface area is 108 Å². The molecule has 96 valence electrons. The van der Waals surface area contributed by atoms with E-state index in [0.29, 0.717) is 0 Å². The normalized spacial score (nSPS) is 17.2. The zero-order valence-corrected chi connectivity index (χ0v) is 12.1. The van der Waals surface area contributed by atoms with Gasteiger partial charge < -0.3 is 0 Å². The Morgan fingerprint density at radius 1 is 1.24 bits per heavy atom. The van der Waals surface area contributed by atoms with Crippen LogP contribution in [-0.2, 0) is 0 Å². The maximum absolute atomic E-state index is 2.39. The van der Waals surface area contributed by atoms with Crippen molar-refractivity contribution in [2.24, 2.45) is 5.92 Å². The van der Waals surface area contributed by atoms with Gasteiger partial charge in [-0.05, 0) is 65.2 Å². The van der Waals surface area contributed by atoms with Gasteiger partial charge in [0.15, 0.2) is 0 Å². The largest absolute Gasteiger partial charge is 0.0859 e. The lowest BCUT2D eigenvalue weighted by Crippen LogP contribution is -1.98. The molecule has 1 aliphatic rings. The molecule has 1 rings (SSSR count). The molecular formula is C17H28. The molecule has 0 saturated carbocycles. The van der Waals surface area contributed by atoms with Gasteiger partial charge in [0.1, 0.15) is 0 Å². The summed E-state index contributed by atoms with van der Waals surface area (Å²) in [6, 6.07) is 0. The highest BCUT2D eigenvalue weighted by atomic mass is 14.1. The molecule has 0 bridgehead atoms. The van der Waals surface area contributed by atoms with Crippen LogP contribution in [0.1, 0.15) is 66.2 Å². The van der Waals surface area contributed by atoms with Gasteiger partial charge in [0.2, 0.25) is 0 Å². The van der Waals surface area contributed by atoms with Crippen molar-refractivity contribution in [1.29, 1.82) is 0 Å². The minimum absolute atomic E-state index is 0.860. The van der Waals surface area contributed by atoms with Gasteiger partial charge in [-0.15, -0.1) is 0 Å². The summed E-state index contributed by atoms with van der Waals surface area (Å²) in [5.41, 5.74) is 4.64. The summed E-state index contributed by atoms with van der Waals surface area (Å²) in [7, 11) is 0. The third-order valence-corrected chi connectivity index (χ3v) is 3.61. The highest BCUT2D eigenvalue weighted by molar-refractivity contribution is 5.22. The van der Waals surface area contributed by atoms with Crippen LogP contribution in [0.4, 0.5) is 0 Å². The molecule has 0 nitrogen and oxygen atoms in total. The van der Waals surface area contributed by atoms with Gasteiger partial charge in [-0.1, -0.05) is 41.9 Å². The highest BCUT2D eigenvalue weighted by Crippen LogP contribution is 2.24. The summed E-state index contributed by atoms with van der Waals surface area (Å²) in [5, 5.41) is 0. The van der Waals surface area contributed by atoms with Crippen molar-refractivity contribution in [3.8, 4) is 0 Å². The fourth-order valence-corrected chi connectivity index (χ4v) is 2.23. The second-order valence-corrected chi connectivity index (χ2v) is 5.84. The minimum atomic E-state index is 0.860. The van der Waals surface area contributed by atoms with E-state index in [9.17, 15) is 0 Å². The van der Waals surface area contributed by atoms with Crippen LogP contribution in [0.2, 0.25) is 0 Å². The molecular weight excluding hydrogens is 204 g/mol. The summed E-state index contributed by atoms with van der Waals surface area (Å²) in [6.07, 6.45) is 14.8. The van der Waals surface area contributed by atoms with E-state index in [1.165, 1.54) is 49.7 Å². The SMILES string of the molecule is CC(C)=CCCC(C)CCC1=CC=C(C)CC1. The zero-order chi connectivity index (χ0) is 12.7. The van der Waals surface area contributed by atoms with Crippen molar-refractivity contribution in [3.63, 3.8) is 0 Å². The maximum Gasteiger partial charge on any atom is -0.0280 e. The Hall–Kier alpha value is -0.780. The molecule has 0 heterocycles. The summed E-state index contributed by atoms with van der Waals surface area (Å²) >= 11 is 0. The molecule has 0 aromatic heterocycles. The number of rotatable bonds is 6. The smallest absolute Gasteiger partial charge is 0.0280 e. The molecule has 0 amide bonds. The predicted molar refractivity (Wildman–Crippen MR) is 78.1 cm³/mol. The van der Waals surface area contributed by atoms with E-state index in [1.54, 1.807) is 5.57 Å². The van der Waals surface area contributed by atoms with Crippen LogP contribution in [0.5, 0.6) is 0 Å². The lowest BCUT2D eigenvalue weighted by atomic mass is 9.91. The van der Waals surface area contributed by atoms with Crippen molar-refractivity contribution in [2.75, 3.05) is 0 Å². The first-order valence-corrected chi connectivity index (χ1v) is 7.06. The second kappa shape index (κ2) is 7.53. The topological polar surface area (TPSA) is 0 Å². The predicted octanol–water partition coefficient (Wildman–Crippen LogP) is 5.82. The third kappa shape index (κ3) is 6.51. The van der Waals surface area contributed by atoms with Crippen LogP contribution in [0.3, 0.4) is 0 Å². The standard InChI is InChI=1S/C17H28/c1-14(2)6-5-7-15(3)8-11-17-12-9-16(4)10-13-17/h6,9,12,15H,5,7-8,10-11,13H2,1-4H3. The van der Waals surface area contributed by atoms with Gasteiger partial charge in [-0.25, -0.2) is 0 Å². The molecule has 0 N–H and O–H groups in total. The average Bonchev–Trinajstić information content (AvgIpc) is 2.28. The quantitative estimate of drug-likeness (QED) is 0.506. The Morgan fingerprint density at radius 3 is 2.59 bits per heavy atom. The van der Waals surface area contributed by atoms with E-state index in [0.717, 1.165) is 5.92 Å². The van der Waals surface area contributed by atoms with Gasteiger partial charge in [0.05, 0.1) is 0 Å². The van der Waals surface area contributed by atoms with E-state index < -0.39 is 0 Å². The molecule has 1 unspecified atom stereocenters. The molecule has 1 aliphatic carbocycles. The van der Waals surface area contributed by atoms with Crippen molar-refractivity contribution >= 4 is 0 Å². The van der Waals surface area contributed by atoms with Crippen molar-refractivity contribution in [1.82, 2.24) is 0 Å². The monoisotopic (exact) mass is 232 g/mol. The Bertz CT molecular complexity index is 311. The summed E-state index contributed by atoms with van der Waals surface area (Å²) in [4.78, 5) is 0. The first-order valence-electron chi connectivity index (χ1n) is 7.06. The van der Waals surface area contributed by atoms with Crippen LogP contribution in [0, 0.1) is 5.92 Å². The highest BCUT2D eigenvalue weighted by Gasteiger charge is 2.06. The van der Waals surface area contributed by atoms with E-state index in [2.05, 4.69) is 45.9 Å². The molecule has 0 aromatic carbocycles. The lowest BCUT2D eigenvalue weighted by molar-refractivity contribution is 0.492. The average molecular weight is 232 g/mol. The maximum atomic E-state index is 2.39. The molecule has 0 aromatic rings. The summed E-state index contributed by atoms with van der Waals surface area (Å²) in [6.45, 7) is 9.00. The van der Waals surface area contributed by atoms with Crippen LogP contribution in [-0.4, -0.2) is 0 Å². The third-order valence-electron chi connectivity index (χ3n) is 3.61. The molecule has 17 heavy (non-hydrogen) atoms. The van der Waals surface area contributed by atoms with Crippen LogP contribution in [0.25, 0.3) is 0 Å². The van der Waals surface area contributed by atoms with E-state index in [4.69, 9.17) is 0 Å². The molecule has 0 radical (unpaired) electrons. The molecule has 0 fully saturated rings. The van der Waals surface area contributed by atoms with Crippen molar-refractivity contribution in [2.45, 2.75) is 66.2 Å². The summed E-state index contributed by atoms with van der Waals surface area (Å²) < 4.78 is 0. The van der Waals surface area contributed by atoms with E-state index in [-0.39, 0.29) is 0 Å². The van der Waals surface area contributed by atoms with E-state index >= 15 is 0 Å². The van der Waals surface area contributed by atoms with Crippen LogP contribution in [0.15, 0.2) is 34.9 Å². The number of hydrogen-bond donors (Lipinski definition) is 0. The Balaban J connectivity index is 2.20. The zero-order valence-electron chi connectivity index (χ0n) is 12.1. The van der Waals surface area contributed by atoms with Gasteiger partial charge in [0.25, 0.3) is 0 Å². The van der Waals surface area contributed by atoms with E-state index in [1.807, 2.05) is 0 Å². The molecule has 0 spiro atoms. The van der Waals surface area contributed by atoms with Gasteiger partial charge >= 0.3 is 0 Å². The molecule has 0 heteroatoms. The first kappa shape index (κ1) is 14.3. The fourth-order valence-electron chi connectivity index (χ4n) is 2.23. The lowest BCUT2D eigenvalue weighted by Gasteiger charge is -2.15. The molecule has 0 saturated heterocycles. The minimum Gasteiger partial charge on any atom is -0.0859 e. The Kier molecular flexibility index (Phi) is 6.32. The first-order chi connectivity index (χ1) is 8.08. The van der Waals surface area contributed by atoms with Gasteiger partial charge in [-0.2, -0.15) is 0 Å². The fraction of sp³-hybridized carbons (Fsp3) is 0.647. The number of allylic oxidation sites excluding steroid dienone is 6. The molecule has 0 aliphatic heterocycles. The van der Waals surface area contributed by atoms with Gasteiger partial charge in [0, 0.05) is 0 Å². The van der Waals surface area contributed by atoms with Crippen molar-refractivity contribution in [3.05, 3.63) is 34.9 Å². The van der Waals surface area contributed by atoms with Crippen molar-refractivity contribution < 1.29 is 0 Å². The van der Waals surface area contributed by atoms with Crippen LogP contribution >= 0.6 is 0 Å². The molecule has 1 atom stereocenters. The summed E-state index contributed by atoms with van der Waals surface area (Å²) in [5.74, 6) is 0.860. The second-order valence-electron chi connectivity index (χ2n) is 5.84. The van der Waals surface area contributed by atoms with Gasteiger partial charge in [-0.3, -0.25) is 0 Å². The number of hydrogen-bond acceptors (Lipinski definition) is 0. The Morgan fingerprint density at radius 2 is 2.00 bits per heavy atom.